The Balaban J connectivity index is 0.00000155. The number of hydrogen-bond donors (Lipinski definition) is 5. The van der Waals surface area contributed by atoms with Gasteiger partial charge in [-0.15, -0.1) is 0 Å². The van der Waals surface area contributed by atoms with Crippen LogP contribution in [0.1, 0.15) is 50.4 Å². The van der Waals surface area contributed by atoms with Crippen molar-refractivity contribution in [3.05, 3.63) is 29.6 Å². The minimum Gasteiger partial charge on any atom is -0.382 e. The molecule has 164 valence electrons. The average Bonchev–Trinajstić information content (AvgIpc) is 3.21. The van der Waals surface area contributed by atoms with E-state index in [0.717, 1.165) is 72.7 Å². The standard InChI is InChI=1S/C21H30N6O.CH4S/c1-2-3-8-17-26-19-15-10-9-14(7-5-4-6-11-24-18(28)13-22)12-16(15)25-21(23)20(19)27-17;1-2/h9-10,12H,2-8,11,13,22H2,1H3,(H2,23,25)(H,24,28)(H,26,27);2H,1H3. The van der Waals surface area contributed by atoms with Gasteiger partial charge >= 0.3 is 0 Å². The van der Waals surface area contributed by atoms with Gasteiger partial charge in [0.25, 0.3) is 0 Å². The smallest absolute Gasteiger partial charge is 0.233 e. The zero-order chi connectivity index (χ0) is 21.9. The largest absolute Gasteiger partial charge is 0.382 e. The van der Waals surface area contributed by atoms with Gasteiger partial charge in [0.1, 0.15) is 22.7 Å². The molecule has 0 fully saturated rings. The first-order chi connectivity index (χ1) is 14.6. The number of imidazole rings is 1. The number of unbranched alkanes of at least 4 members (excludes halogenated alkanes) is 3. The van der Waals surface area contributed by atoms with E-state index in [2.05, 4.69) is 53.0 Å². The van der Waals surface area contributed by atoms with E-state index < -0.39 is 0 Å². The number of fused-ring (bicyclic) bond motifs is 3. The van der Waals surface area contributed by atoms with Crippen molar-refractivity contribution < 1.29 is 4.79 Å². The maximum Gasteiger partial charge on any atom is 0.233 e. The van der Waals surface area contributed by atoms with Crippen LogP contribution in [0.15, 0.2) is 18.2 Å². The highest BCUT2D eigenvalue weighted by Crippen LogP contribution is 2.27. The maximum absolute atomic E-state index is 11.1. The second-order valence-electron chi connectivity index (χ2n) is 7.22. The van der Waals surface area contributed by atoms with Gasteiger partial charge in [0.15, 0.2) is 0 Å². The van der Waals surface area contributed by atoms with Crippen LogP contribution in [0.3, 0.4) is 0 Å². The molecule has 0 radical (unpaired) electrons. The average molecular weight is 431 g/mol. The molecule has 0 bridgehead atoms. The van der Waals surface area contributed by atoms with Crippen molar-refractivity contribution in [1.82, 2.24) is 20.3 Å². The van der Waals surface area contributed by atoms with Crippen molar-refractivity contribution in [3.8, 4) is 0 Å². The number of nitrogen functional groups attached to an aromatic ring is 1. The zero-order valence-corrected chi connectivity index (χ0v) is 18.9. The summed E-state index contributed by atoms with van der Waals surface area (Å²) in [6.07, 6.45) is 8.90. The van der Waals surface area contributed by atoms with Gasteiger partial charge in [0, 0.05) is 18.4 Å². The number of nitrogens with one attached hydrogen (secondary N) is 2. The Morgan fingerprint density at radius 2 is 1.93 bits per heavy atom. The third-order valence-corrected chi connectivity index (χ3v) is 4.98. The molecule has 2 aromatic heterocycles. The summed E-state index contributed by atoms with van der Waals surface area (Å²) in [4.78, 5) is 23.8. The van der Waals surface area contributed by atoms with E-state index in [0.29, 0.717) is 12.4 Å². The van der Waals surface area contributed by atoms with E-state index in [9.17, 15) is 4.79 Å². The highest BCUT2D eigenvalue weighted by atomic mass is 32.1. The molecule has 1 amide bonds. The highest BCUT2D eigenvalue weighted by molar-refractivity contribution is 7.79. The number of pyridine rings is 1. The lowest BCUT2D eigenvalue weighted by Gasteiger charge is -2.06. The Kier molecular flexibility index (Phi) is 9.89. The number of rotatable bonds is 10. The summed E-state index contributed by atoms with van der Waals surface area (Å²) >= 11 is 3.53. The molecule has 0 unspecified atom stereocenters. The number of hydrogen-bond acceptors (Lipinski definition) is 6. The van der Waals surface area contributed by atoms with Crippen molar-refractivity contribution >= 4 is 46.3 Å². The maximum atomic E-state index is 11.1. The molecule has 0 saturated heterocycles. The predicted molar refractivity (Wildman–Crippen MR) is 129 cm³/mol. The van der Waals surface area contributed by atoms with Crippen LogP contribution in [0, 0.1) is 0 Å². The van der Waals surface area contributed by atoms with Crippen LogP contribution >= 0.6 is 12.6 Å². The first-order valence-corrected chi connectivity index (χ1v) is 11.5. The summed E-state index contributed by atoms with van der Waals surface area (Å²) in [5.41, 5.74) is 15.3. The Morgan fingerprint density at radius 3 is 2.67 bits per heavy atom. The van der Waals surface area contributed by atoms with E-state index in [1.54, 1.807) is 6.26 Å². The number of amides is 1. The van der Waals surface area contributed by atoms with Crippen LogP contribution in [0.4, 0.5) is 5.82 Å². The fourth-order valence-corrected chi connectivity index (χ4v) is 3.41. The molecule has 0 spiro atoms. The number of aromatic nitrogens is 3. The molecule has 0 atom stereocenters. The molecular weight excluding hydrogens is 396 g/mol. The third kappa shape index (κ3) is 6.34. The molecular formula is C22H34N6OS. The lowest BCUT2D eigenvalue weighted by Crippen LogP contribution is -2.30. The summed E-state index contributed by atoms with van der Waals surface area (Å²) in [6.45, 7) is 2.91. The molecule has 2 heterocycles. The molecule has 6 N–H and O–H groups in total. The predicted octanol–water partition coefficient (Wildman–Crippen LogP) is 3.37. The van der Waals surface area contributed by atoms with E-state index in [1.165, 1.54) is 5.56 Å². The van der Waals surface area contributed by atoms with E-state index in [-0.39, 0.29) is 12.5 Å². The Hall–Kier alpha value is -2.32. The minimum absolute atomic E-state index is 0.0522. The number of thiol groups is 1. The zero-order valence-electron chi connectivity index (χ0n) is 18.0. The molecule has 0 aliphatic heterocycles. The summed E-state index contributed by atoms with van der Waals surface area (Å²) in [5, 5.41) is 3.83. The summed E-state index contributed by atoms with van der Waals surface area (Å²) < 4.78 is 0. The minimum atomic E-state index is -0.0966. The van der Waals surface area contributed by atoms with Crippen molar-refractivity contribution in [2.45, 2.75) is 51.9 Å². The van der Waals surface area contributed by atoms with Gasteiger partial charge in [-0.25, -0.2) is 9.97 Å². The van der Waals surface area contributed by atoms with E-state index in [1.807, 2.05) is 0 Å². The molecule has 8 heteroatoms. The number of carbonyl (C=O) groups is 1. The van der Waals surface area contributed by atoms with E-state index in [4.69, 9.17) is 16.5 Å². The molecule has 3 rings (SSSR count). The Bertz CT molecular complexity index is 956. The topological polar surface area (TPSA) is 123 Å². The fraction of sp³-hybridized carbons (Fsp3) is 0.500. The van der Waals surface area contributed by atoms with Gasteiger partial charge in [-0.1, -0.05) is 31.9 Å². The lowest BCUT2D eigenvalue weighted by atomic mass is 10.0. The SMILES string of the molecule is CCCCc1nc2c([nH]1)c(N)nc1cc(CCCCCNC(=O)CN)ccc12.CS. The molecule has 3 aromatic rings. The first-order valence-electron chi connectivity index (χ1n) is 10.6. The number of nitrogens with zero attached hydrogens (tertiary/aromatic N) is 2. The van der Waals surface area contributed by atoms with Gasteiger partial charge in [-0.3, -0.25) is 4.79 Å². The second-order valence-corrected chi connectivity index (χ2v) is 7.22. The number of carbonyl (C=O) groups excluding carboxylic acids is 1. The van der Waals surface area contributed by atoms with Crippen molar-refractivity contribution in [2.24, 2.45) is 5.73 Å². The third-order valence-electron chi connectivity index (χ3n) is 4.98. The lowest BCUT2D eigenvalue weighted by molar-refractivity contribution is -0.119. The Labute approximate surface area is 183 Å². The van der Waals surface area contributed by atoms with Gasteiger partial charge in [0.05, 0.1) is 12.1 Å². The first kappa shape index (κ1) is 24.0. The van der Waals surface area contributed by atoms with Crippen LogP contribution in [0.25, 0.3) is 21.9 Å². The number of H-pyrrole nitrogens is 1. The van der Waals surface area contributed by atoms with Crippen LogP contribution in [0.5, 0.6) is 0 Å². The van der Waals surface area contributed by atoms with Crippen LogP contribution in [-0.4, -0.2) is 40.2 Å². The van der Waals surface area contributed by atoms with Gasteiger partial charge in [-0.2, -0.15) is 12.6 Å². The van der Waals surface area contributed by atoms with Gasteiger partial charge in [-0.05, 0) is 43.6 Å². The molecule has 7 nitrogen and oxygen atoms in total. The molecule has 1 aromatic carbocycles. The van der Waals surface area contributed by atoms with Crippen LogP contribution < -0.4 is 16.8 Å². The van der Waals surface area contributed by atoms with Crippen molar-refractivity contribution in [1.29, 1.82) is 0 Å². The monoisotopic (exact) mass is 430 g/mol. The van der Waals surface area contributed by atoms with Crippen molar-refractivity contribution in [2.75, 3.05) is 25.1 Å². The normalized spacial score (nSPS) is 10.8. The number of aromatic amines is 1. The molecule has 30 heavy (non-hydrogen) atoms. The number of benzene rings is 1. The summed E-state index contributed by atoms with van der Waals surface area (Å²) in [5.74, 6) is 1.38. The van der Waals surface area contributed by atoms with Gasteiger partial charge < -0.3 is 21.8 Å². The number of nitrogens with two attached hydrogens (primary N) is 2. The van der Waals surface area contributed by atoms with Crippen LogP contribution in [-0.2, 0) is 17.6 Å². The number of anilines is 1. The summed E-state index contributed by atoms with van der Waals surface area (Å²) in [6, 6.07) is 6.36. The van der Waals surface area contributed by atoms with Crippen LogP contribution in [0.2, 0.25) is 0 Å². The van der Waals surface area contributed by atoms with Crippen molar-refractivity contribution in [3.63, 3.8) is 0 Å². The quantitative estimate of drug-likeness (QED) is 0.249. The van der Waals surface area contributed by atoms with Gasteiger partial charge in [0.2, 0.25) is 5.91 Å². The molecule has 0 aliphatic rings. The molecule has 0 aliphatic carbocycles. The number of aryl methyl sites for hydroxylation is 2. The molecule has 0 saturated carbocycles. The summed E-state index contributed by atoms with van der Waals surface area (Å²) in [7, 11) is 0. The Morgan fingerprint density at radius 1 is 1.13 bits per heavy atom. The van der Waals surface area contributed by atoms with E-state index >= 15 is 0 Å². The highest BCUT2D eigenvalue weighted by Gasteiger charge is 2.12. The second kappa shape index (κ2) is 12.4. The fourth-order valence-electron chi connectivity index (χ4n) is 3.41.